The van der Waals surface area contributed by atoms with E-state index in [0.29, 0.717) is 11.1 Å². The molecule has 0 saturated carbocycles. The van der Waals surface area contributed by atoms with E-state index in [9.17, 15) is 0 Å². The average molecular weight is 350 g/mol. The van der Waals surface area contributed by atoms with Crippen molar-refractivity contribution < 1.29 is 4.42 Å². The maximum Gasteiger partial charge on any atom is 0.277 e. The summed E-state index contributed by atoms with van der Waals surface area (Å²) in [5.74, 6) is 2.19. The Labute approximate surface area is 141 Å². The van der Waals surface area contributed by atoms with Crippen molar-refractivity contribution in [2.75, 3.05) is 0 Å². The first-order valence-electron chi connectivity index (χ1n) is 7.23. The van der Waals surface area contributed by atoms with Crippen LogP contribution in [0.5, 0.6) is 0 Å². The normalized spacial score (nSPS) is 17.6. The van der Waals surface area contributed by atoms with Crippen molar-refractivity contribution in [3.05, 3.63) is 33.1 Å². The molecule has 0 fully saturated rings. The highest BCUT2D eigenvalue weighted by Gasteiger charge is 2.21. The van der Waals surface area contributed by atoms with E-state index in [2.05, 4.69) is 28.2 Å². The van der Waals surface area contributed by atoms with Gasteiger partial charge in [0.25, 0.3) is 11.1 Å². The molecule has 0 spiro atoms. The van der Waals surface area contributed by atoms with E-state index in [-0.39, 0.29) is 0 Å². The number of thiophene rings is 1. The van der Waals surface area contributed by atoms with Gasteiger partial charge in [-0.15, -0.1) is 32.9 Å². The van der Waals surface area contributed by atoms with Crippen LogP contribution in [0, 0.1) is 5.92 Å². The number of thiazole rings is 1. The third kappa shape index (κ3) is 2.98. The summed E-state index contributed by atoms with van der Waals surface area (Å²) in [6.07, 6.45) is 3.64. The van der Waals surface area contributed by atoms with Gasteiger partial charge in [-0.05, 0) is 36.8 Å². The molecule has 0 amide bonds. The molecule has 0 bridgehead atoms. The molecular weight excluding hydrogens is 334 g/mol. The predicted octanol–water partition coefficient (Wildman–Crippen LogP) is 4.67. The van der Waals surface area contributed by atoms with Crippen molar-refractivity contribution in [1.82, 2.24) is 15.2 Å². The maximum absolute atomic E-state index is 5.80. The van der Waals surface area contributed by atoms with Crippen LogP contribution in [0.15, 0.2) is 26.6 Å². The molecular formula is C15H15N3OS3. The van der Waals surface area contributed by atoms with Gasteiger partial charge in [0.05, 0.1) is 16.1 Å². The van der Waals surface area contributed by atoms with Gasteiger partial charge in [-0.25, -0.2) is 4.98 Å². The maximum atomic E-state index is 5.80. The second-order valence-electron chi connectivity index (χ2n) is 5.55. The average Bonchev–Trinajstić information content (AvgIpc) is 3.24. The Morgan fingerprint density at radius 2 is 2.36 bits per heavy atom. The standard InChI is InChI=1S/C15H15N3OS3/c1-9-2-3-12-10(4-9)5-13(22-12)14-17-18-15(19-14)21-7-11-6-20-8-16-11/h5-6,8-9H,2-4,7H2,1H3/t9-/m0/s1. The molecule has 1 aliphatic rings. The first-order chi connectivity index (χ1) is 10.8. The highest BCUT2D eigenvalue weighted by Crippen LogP contribution is 2.37. The summed E-state index contributed by atoms with van der Waals surface area (Å²) in [6, 6.07) is 2.23. The number of hydrogen-bond acceptors (Lipinski definition) is 7. The zero-order chi connectivity index (χ0) is 14.9. The van der Waals surface area contributed by atoms with E-state index in [1.165, 1.54) is 41.5 Å². The Balaban J connectivity index is 1.49. The van der Waals surface area contributed by atoms with Gasteiger partial charge in [-0.1, -0.05) is 18.7 Å². The molecule has 0 aromatic carbocycles. The molecule has 114 valence electrons. The van der Waals surface area contributed by atoms with Gasteiger partial charge in [0, 0.05) is 16.0 Å². The van der Waals surface area contributed by atoms with E-state index in [1.54, 1.807) is 22.7 Å². The minimum Gasteiger partial charge on any atom is -0.410 e. The number of aryl methyl sites for hydroxylation is 1. The molecule has 3 aromatic rings. The van der Waals surface area contributed by atoms with Crippen LogP contribution in [-0.4, -0.2) is 15.2 Å². The van der Waals surface area contributed by atoms with Crippen LogP contribution in [0.4, 0.5) is 0 Å². The summed E-state index contributed by atoms with van der Waals surface area (Å²) in [6.45, 7) is 2.32. The summed E-state index contributed by atoms with van der Waals surface area (Å²) >= 11 is 4.94. The lowest BCUT2D eigenvalue weighted by Crippen LogP contribution is -2.07. The van der Waals surface area contributed by atoms with Gasteiger partial charge >= 0.3 is 0 Å². The second-order valence-corrected chi connectivity index (χ2v) is 8.33. The van der Waals surface area contributed by atoms with Crippen LogP contribution in [0.1, 0.15) is 29.5 Å². The minimum atomic E-state index is 0.614. The van der Waals surface area contributed by atoms with E-state index in [0.717, 1.165) is 22.2 Å². The van der Waals surface area contributed by atoms with Crippen LogP contribution in [0.25, 0.3) is 10.8 Å². The van der Waals surface area contributed by atoms with Crippen molar-refractivity contribution in [2.24, 2.45) is 5.92 Å². The molecule has 0 unspecified atom stereocenters. The highest BCUT2D eigenvalue weighted by atomic mass is 32.2. The first-order valence-corrected chi connectivity index (χ1v) is 9.98. The Morgan fingerprint density at radius 1 is 1.41 bits per heavy atom. The van der Waals surface area contributed by atoms with Crippen LogP contribution >= 0.6 is 34.4 Å². The molecule has 22 heavy (non-hydrogen) atoms. The van der Waals surface area contributed by atoms with Gasteiger partial charge in [0.2, 0.25) is 0 Å². The van der Waals surface area contributed by atoms with Gasteiger partial charge in [-0.3, -0.25) is 0 Å². The zero-order valence-electron chi connectivity index (χ0n) is 12.1. The Hall–Kier alpha value is -1.18. The largest absolute Gasteiger partial charge is 0.410 e. The van der Waals surface area contributed by atoms with E-state index in [4.69, 9.17) is 4.42 Å². The van der Waals surface area contributed by atoms with Gasteiger partial charge in [-0.2, -0.15) is 0 Å². The number of aromatic nitrogens is 3. The molecule has 0 radical (unpaired) electrons. The monoisotopic (exact) mass is 349 g/mol. The summed E-state index contributed by atoms with van der Waals surface area (Å²) in [7, 11) is 0. The fourth-order valence-corrected chi connectivity index (χ4v) is 5.08. The molecule has 3 heterocycles. The lowest BCUT2D eigenvalue weighted by Gasteiger charge is -2.16. The molecule has 0 N–H and O–H groups in total. The van der Waals surface area contributed by atoms with Crippen molar-refractivity contribution in [2.45, 2.75) is 37.2 Å². The quantitative estimate of drug-likeness (QED) is 0.641. The summed E-state index contributed by atoms with van der Waals surface area (Å²) in [5, 5.41) is 11.0. The second kappa shape index (κ2) is 6.14. The number of rotatable bonds is 4. The molecule has 4 nitrogen and oxygen atoms in total. The van der Waals surface area contributed by atoms with E-state index >= 15 is 0 Å². The molecule has 0 saturated heterocycles. The zero-order valence-corrected chi connectivity index (χ0v) is 14.6. The first kappa shape index (κ1) is 14.4. The van der Waals surface area contributed by atoms with Crippen LogP contribution in [-0.2, 0) is 18.6 Å². The van der Waals surface area contributed by atoms with Gasteiger partial charge in [0.15, 0.2) is 0 Å². The van der Waals surface area contributed by atoms with Gasteiger partial charge < -0.3 is 4.42 Å². The highest BCUT2D eigenvalue weighted by molar-refractivity contribution is 7.98. The summed E-state index contributed by atoms with van der Waals surface area (Å²) in [5.41, 5.74) is 4.36. The topological polar surface area (TPSA) is 51.8 Å². The van der Waals surface area contributed by atoms with Gasteiger partial charge in [0.1, 0.15) is 0 Å². The fraction of sp³-hybridized carbons (Fsp3) is 0.400. The SMILES string of the molecule is C[C@H]1CCc2sc(-c3nnc(SCc4cscn4)o3)cc2C1. The van der Waals surface area contributed by atoms with Crippen molar-refractivity contribution in [1.29, 1.82) is 0 Å². The van der Waals surface area contributed by atoms with E-state index < -0.39 is 0 Å². The third-order valence-corrected chi connectivity index (χ3v) is 6.49. The lowest BCUT2D eigenvalue weighted by molar-refractivity contribution is 0.466. The van der Waals surface area contributed by atoms with E-state index in [1.807, 2.05) is 10.9 Å². The Bertz CT molecular complexity index is 763. The molecule has 7 heteroatoms. The van der Waals surface area contributed by atoms with Crippen LogP contribution in [0.3, 0.4) is 0 Å². The third-order valence-electron chi connectivity index (χ3n) is 3.77. The lowest BCUT2D eigenvalue weighted by atomic mass is 9.90. The summed E-state index contributed by atoms with van der Waals surface area (Å²) < 4.78 is 5.80. The van der Waals surface area contributed by atoms with Crippen molar-refractivity contribution in [3.63, 3.8) is 0 Å². The number of thioether (sulfide) groups is 1. The predicted molar refractivity (Wildman–Crippen MR) is 90.5 cm³/mol. The number of nitrogens with zero attached hydrogens (tertiary/aromatic N) is 3. The molecule has 4 rings (SSSR count). The van der Waals surface area contributed by atoms with Crippen molar-refractivity contribution >= 4 is 34.4 Å². The van der Waals surface area contributed by atoms with Crippen LogP contribution < -0.4 is 0 Å². The molecule has 1 atom stereocenters. The van der Waals surface area contributed by atoms with Crippen molar-refractivity contribution in [3.8, 4) is 10.8 Å². The number of hydrogen-bond donors (Lipinski definition) is 0. The molecule has 1 aliphatic carbocycles. The van der Waals surface area contributed by atoms with Crippen LogP contribution in [0.2, 0.25) is 0 Å². The Kier molecular flexibility index (Phi) is 4.02. The smallest absolute Gasteiger partial charge is 0.277 e. The Morgan fingerprint density at radius 3 is 3.23 bits per heavy atom. The minimum absolute atomic E-state index is 0.614. The number of fused-ring (bicyclic) bond motifs is 1. The summed E-state index contributed by atoms with van der Waals surface area (Å²) in [4.78, 5) is 6.85. The molecule has 0 aliphatic heterocycles. The molecule has 3 aromatic heterocycles. The fourth-order valence-electron chi connectivity index (χ4n) is 2.62.